The molecule has 1 amide bonds. The number of hydrogen-bond acceptors (Lipinski definition) is 1. The summed E-state index contributed by atoms with van der Waals surface area (Å²) in [7, 11) is 0. The van der Waals surface area contributed by atoms with Crippen molar-refractivity contribution in [2.75, 3.05) is 5.32 Å². The van der Waals surface area contributed by atoms with Crippen molar-refractivity contribution in [2.24, 2.45) is 5.92 Å². The molecule has 1 saturated carbocycles. The summed E-state index contributed by atoms with van der Waals surface area (Å²) in [6.07, 6.45) is 3.14. The maximum atomic E-state index is 11.4. The summed E-state index contributed by atoms with van der Waals surface area (Å²) in [5.74, 6) is 0.803. The van der Waals surface area contributed by atoms with E-state index in [2.05, 4.69) is 5.32 Å². The molecule has 2 rings (SSSR count). The van der Waals surface area contributed by atoms with Gasteiger partial charge in [0, 0.05) is 12.1 Å². The molecule has 1 N–H and O–H groups in total. The highest BCUT2D eigenvalue weighted by Crippen LogP contribution is 2.32. The van der Waals surface area contributed by atoms with E-state index in [4.69, 9.17) is 0 Å². The van der Waals surface area contributed by atoms with Crippen LogP contribution in [0.15, 0.2) is 24.3 Å². The highest BCUT2D eigenvalue weighted by Gasteiger charge is 2.24. The number of amides is 1. The predicted molar refractivity (Wildman–Crippen MR) is 57.1 cm³/mol. The van der Waals surface area contributed by atoms with Crippen LogP contribution in [0.4, 0.5) is 5.69 Å². The third-order valence-electron chi connectivity index (χ3n) is 2.51. The Morgan fingerprint density at radius 3 is 2.57 bits per heavy atom. The third kappa shape index (κ3) is 2.59. The van der Waals surface area contributed by atoms with Crippen LogP contribution in [0.2, 0.25) is 0 Å². The molecule has 0 unspecified atom stereocenters. The lowest BCUT2D eigenvalue weighted by atomic mass is 10.2. The Balaban J connectivity index is 1.89. The van der Waals surface area contributed by atoms with Gasteiger partial charge in [-0.05, 0) is 37.8 Å². The van der Waals surface area contributed by atoms with Crippen LogP contribution < -0.4 is 5.32 Å². The van der Waals surface area contributed by atoms with Crippen molar-refractivity contribution in [3.05, 3.63) is 29.8 Å². The minimum Gasteiger partial charge on any atom is -0.326 e. The molecule has 0 atom stereocenters. The molecule has 0 saturated heterocycles. The van der Waals surface area contributed by atoms with Gasteiger partial charge in [-0.3, -0.25) is 4.79 Å². The molecule has 0 aliphatic heterocycles. The average Bonchev–Trinajstić information content (AvgIpc) is 2.93. The van der Waals surface area contributed by atoms with E-state index in [1.54, 1.807) is 0 Å². The number of anilines is 1. The fraction of sp³-hybridized carbons (Fsp3) is 0.417. The van der Waals surface area contributed by atoms with Gasteiger partial charge in [-0.15, -0.1) is 0 Å². The first-order valence-corrected chi connectivity index (χ1v) is 5.10. The summed E-state index contributed by atoms with van der Waals surface area (Å²) in [6, 6.07) is 7.90. The highest BCUT2D eigenvalue weighted by atomic mass is 16.1. The lowest BCUT2D eigenvalue weighted by Gasteiger charge is -2.04. The number of rotatable bonds is 3. The van der Waals surface area contributed by atoms with Crippen LogP contribution in [0.1, 0.15) is 24.8 Å². The summed E-state index contributed by atoms with van der Waals surface area (Å²) < 4.78 is 0. The molecule has 2 nitrogen and oxygen atoms in total. The van der Waals surface area contributed by atoms with Gasteiger partial charge >= 0.3 is 0 Å². The SMILES string of the molecule is Cc1ccc(NC(=O)CC2CC2)cc1. The quantitative estimate of drug-likeness (QED) is 0.778. The molecule has 14 heavy (non-hydrogen) atoms. The first kappa shape index (κ1) is 9.25. The second-order valence-electron chi connectivity index (χ2n) is 4.06. The molecule has 1 aliphatic rings. The molecule has 74 valence electrons. The summed E-state index contributed by atoms with van der Waals surface area (Å²) in [5.41, 5.74) is 2.12. The Kier molecular flexibility index (Phi) is 2.53. The Morgan fingerprint density at radius 1 is 1.36 bits per heavy atom. The van der Waals surface area contributed by atoms with Crippen molar-refractivity contribution >= 4 is 11.6 Å². The molecule has 0 radical (unpaired) electrons. The standard InChI is InChI=1S/C12H15NO/c1-9-2-6-11(7-3-9)13-12(14)8-10-4-5-10/h2-3,6-7,10H,4-5,8H2,1H3,(H,13,14). The van der Waals surface area contributed by atoms with Gasteiger partial charge in [0.05, 0.1) is 0 Å². The van der Waals surface area contributed by atoms with Gasteiger partial charge in [-0.2, -0.15) is 0 Å². The Labute approximate surface area is 84.3 Å². The zero-order chi connectivity index (χ0) is 9.97. The molecule has 0 spiro atoms. The molecule has 1 fully saturated rings. The minimum atomic E-state index is 0.149. The smallest absolute Gasteiger partial charge is 0.224 e. The van der Waals surface area contributed by atoms with Gasteiger partial charge in [-0.1, -0.05) is 17.7 Å². The van der Waals surface area contributed by atoms with E-state index >= 15 is 0 Å². The lowest BCUT2D eigenvalue weighted by Crippen LogP contribution is -2.11. The second kappa shape index (κ2) is 3.82. The van der Waals surface area contributed by atoms with Gasteiger partial charge in [0.2, 0.25) is 5.91 Å². The molecule has 2 heteroatoms. The first-order chi connectivity index (χ1) is 6.74. The van der Waals surface area contributed by atoms with Gasteiger partial charge in [0.25, 0.3) is 0 Å². The molecular formula is C12H15NO. The Bertz CT molecular complexity index is 325. The number of aryl methyl sites for hydroxylation is 1. The van der Waals surface area contributed by atoms with E-state index in [1.807, 2.05) is 31.2 Å². The number of carbonyl (C=O) groups is 1. The summed E-state index contributed by atoms with van der Waals surface area (Å²) in [5, 5.41) is 2.90. The van der Waals surface area contributed by atoms with Crippen LogP contribution >= 0.6 is 0 Å². The van der Waals surface area contributed by atoms with Crippen molar-refractivity contribution in [2.45, 2.75) is 26.2 Å². The highest BCUT2D eigenvalue weighted by molar-refractivity contribution is 5.90. The first-order valence-electron chi connectivity index (χ1n) is 5.10. The van der Waals surface area contributed by atoms with E-state index in [1.165, 1.54) is 18.4 Å². The van der Waals surface area contributed by atoms with Crippen LogP contribution in [0.3, 0.4) is 0 Å². The molecule has 0 heterocycles. The van der Waals surface area contributed by atoms with Crippen molar-refractivity contribution in [1.29, 1.82) is 0 Å². The van der Waals surface area contributed by atoms with Crippen molar-refractivity contribution < 1.29 is 4.79 Å². The number of carbonyl (C=O) groups excluding carboxylic acids is 1. The van der Waals surface area contributed by atoms with Crippen molar-refractivity contribution in [1.82, 2.24) is 0 Å². The number of hydrogen-bond donors (Lipinski definition) is 1. The average molecular weight is 189 g/mol. The van der Waals surface area contributed by atoms with E-state index in [0.717, 1.165) is 5.69 Å². The van der Waals surface area contributed by atoms with Crippen LogP contribution in [-0.2, 0) is 4.79 Å². The van der Waals surface area contributed by atoms with Gasteiger partial charge < -0.3 is 5.32 Å². The monoisotopic (exact) mass is 189 g/mol. The summed E-state index contributed by atoms with van der Waals surface area (Å²) in [4.78, 5) is 11.4. The Morgan fingerprint density at radius 2 is 2.00 bits per heavy atom. The molecule has 0 aromatic heterocycles. The maximum absolute atomic E-state index is 11.4. The van der Waals surface area contributed by atoms with E-state index in [9.17, 15) is 4.79 Å². The number of nitrogens with one attached hydrogen (secondary N) is 1. The predicted octanol–water partition coefficient (Wildman–Crippen LogP) is 2.73. The normalized spacial score (nSPS) is 15.2. The Hall–Kier alpha value is -1.31. The second-order valence-corrected chi connectivity index (χ2v) is 4.06. The van der Waals surface area contributed by atoms with Gasteiger partial charge in [0.15, 0.2) is 0 Å². The zero-order valence-corrected chi connectivity index (χ0v) is 8.42. The lowest BCUT2D eigenvalue weighted by molar-refractivity contribution is -0.116. The molecule has 1 aliphatic carbocycles. The topological polar surface area (TPSA) is 29.1 Å². The van der Waals surface area contributed by atoms with E-state index < -0.39 is 0 Å². The molecular weight excluding hydrogens is 174 g/mol. The molecule has 0 bridgehead atoms. The van der Waals surface area contributed by atoms with Crippen molar-refractivity contribution in [3.63, 3.8) is 0 Å². The van der Waals surface area contributed by atoms with Crippen LogP contribution in [0.5, 0.6) is 0 Å². The third-order valence-corrected chi connectivity index (χ3v) is 2.51. The van der Waals surface area contributed by atoms with E-state index in [-0.39, 0.29) is 5.91 Å². The maximum Gasteiger partial charge on any atom is 0.224 e. The molecule has 1 aromatic carbocycles. The van der Waals surface area contributed by atoms with Gasteiger partial charge in [-0.25, -0.2) is 0 Å². The van der Waals surface area contributed by atoms with Crippen molar-refractivity contribution in [3.8, 4) is 0 Å². The largest absolute Gasteiger partial charge is 0.326 e. The van der Waals surface area contributed by atoms with Crippen LogP contribution in [-0.4, -0.2) is 5.91 Å². The fourth-order valence-corrected chi connectivity index (χ4v) is 1.43. The van der Waals surface area contributed by atoms with Crippen LogP contribution in [0.25, 0.3) is 0 Å². The molecule has 1 aromatic rings. The summed E-state index contributed by atoms with van der Waals surface area (Å²) >= 11 is 0. The van der Waals surface area contributed by atoms with Gasteiger partial charge in [0.1, 0.15) is 0 Å². The summed E-state index contributed by atoms with van der Waals surface area (Å²) in [6.45, 7) is 2.04. The fourth-order valence-electron chi connectivity index (χ4n) is 1.43. The minimum absolute atomic E-state index is 0.149. The number of benzene rings is 1. The van der Waals surface area contributed by atoms with Crippen LogP contribution in [0, 0.1) is 12.8 Å². The zero-order valence-electron chi connectivity index (χ0n) is 8.42. The van der Waals surface area contributed by atoms with E-state index in [0.29, 0.717) is 12.3 Å².